The minimum absolute atomic E-state index is 0.0104. The molecule has 0 bridgehead atoms. The van der Waals surface area contributed by atoms with Crippen molar-refractivity contribution in [3.63, 3.8) is 0 Å². The molecule has 1 amide bonds. The number of benzene rings is 2. The van der Waals surface area contributed by atoms with Gasteiger partial charge < -0.3 is 5.32 Å². The summed E-state index contributed by atoms with van der Waals surface area (Å²) in [5.41, 5.74) is 1.12. The number of hydrogen-bond acceptors (Lipinski definition) is 4. The van der Waals surface area contributed by atoms with E-state index in [0.29, 0.717) is 26.8 Å². The highest BCUT2D eigenvalue weighted by Crippen LogP contribution is 2.24. The van der Waals surface area contributed by atoms with Crippen molar-refractivity contribution in [2.24, 2.45) is 0 Å². The molecular formula is C20H20ClN3O2S. The molecule has 0 aliphatic carbocycles. The van der Waals surface area contributed by atoms with Gasteiger partial charge in [0.1, 0.15) is 0 Å². The average Bonchev–Trinajstić information content (AvgIpc) is 2.68. The Morgan fingerprint density at radius 3 is 2.67 bits per heavy atom. The number of nitrogens with one attached hydrogen (secondary N) is 1. The smallest absolute Gasteiger partial charge is 0.262 e. The molecule has 0 radical (unpaired) electrons. The molecule has 7 heteroatoms. The molecule has 5 nitrogen and oxygen atoms in total. The van der Waals surface area contributed by atoms with Crippen molar-refractivity contribution < 1.29 is 4.79 Å². The maximum Gasteiger partial charge on any atom is 0.262 e. The minimum atomic E-state index is -0.203. The molecule has 1 N–H and O–H groups in total. The standard InChI is InChI=1S/C20H20ClN3O2S/c1-3-13(2)24-19(26)14-8-4-6-10-16(14)23-20(24)27-12-18(25)22-17-11-7-5-9-15(17)21/h4-11,13H,3,12H2,1-2H3,(H,22,25). The number of halogens is 1. The lowest BCUT2D eigenvalue weighted by Crippen LogP contribution is -2.26. The van der Waals surface area contributed by atoms with Crippen molar-refractivity contribution in [3.8, 4) is 0 Å². The van der Waals surface area contributed by atoms with E-state index in [4.69, 9.17) is 11.6 Å². The Morgan fingerprint density at radius 1 is 1.22 bits per heavy atom. The second kappa shape index (κ2) is 8.59. The van der Waals surface area contributed by atoms with Crippen LogP contribution in [0.25, 0.3) is 10.9 Å². The third-order valence-electron chi connectivity index (χ3n) is 4.29. The molecule has 0 aliphatic heterocycles. The van der Waals surface area contributed by atoms with Crippen LogP contribution in [0.3, 0.4) is 0 Å². The molecule has 3 aromatic rings. The van der Waals surface area contributed by atoms with Gasteiger partial charge >= 0.3 is 0 Å². The maximum atomic E-state index is 12.9. The first kappa shape index (κ1) is 19.5. The van der Waals surface area contributed by atoms with E-state index in [1.165, 1.54) is 11.8 Å². The van der Waals surface area contributed by atoms with Crippen LogP contribution in [0, 0.1) is 0 Å². The Labute approximate surface area is 166 Å². The van der Waals surface area contributed by atoms with E-state index in [1.807, 2.05) is 32.0 Å². The number of carbonyl (C=O) groups excluding carboxylic acids is 1. The molecule has 0 saturated carbocycles. The first-order valence-corrected chi connectivity index (χ1v) is 10.1. The number of fused-ring (bicyclic) bond motifs is 1. The van der Waals surface area contributed by atoms with Crippen LogP contribution in [0.15, 0.2) is 58.5 Å². The third kappa shape index (κ3) is 4.34. The molecule has 1 unspecified atom stereocenters. The Hall–Kier alpha value is -2.31. The van der Waals surface area contributed by atoms with Crippen LogP contribution in [0.4, 0.5) is 5.69 Å². The Morgan fingerprint density at radius 2 is 1.93 bits per heavy atom. The van der Waals surface area contributed by atoms with Crippen LogP contribution in [-0.4, -0.2) is 21.2 Å². The Balaban J connectivity index is 1.86. The number of para-hydroxylation sites is 2. The summed E-state index contributed by atoms with van der Waals surface area (Å²) in [6.07, 6.45) is 0.791. The lowest BCUT2D eigenvalue weighted by Gasteiger charge is -2.18. The maximum absolute atomic E-state index is 12.9. The highest BCUT2D eigenvalue weighted by atomic mass is 35.5. The lowest BCUT2D eigenvalue weighted by atomic mass is 10.2. The molecule has 0 saturated heterocycles. The van der Waals surface area contributed by atoms with Gasteiger partial charge in [-0.25, -0.2) is 4.98 Å². The van der Waals surface area contributed by atoms with Gasteiger partial charge in [-0.2, -0.15) is 0 Å². The number of hydrogen-bond donors (Lipinski definition) is 1. The SMILES string of the molecule is CCC(C)n1c(SCC(=O)Nc2ccccc2Cl)nc2ccccc2c1=O. The van der Waals surface area contributed by atoms with Gasteiger partial charge in [0, 0.05) is 6.04 Å². The highest BCUT2D eigenvalue weighted by Gasteiger charge is 2.16. The highest BCUT2D eigenvalue weighted by molar-refractivity contribution is 7.99. The van der Waals surface area contributed by atoms with Gasteiger partial charge in [0.2, 0.25) is 5.91 Å². The van der Waals surface area contributed by atoms with Crippen molar-refractivity contribution in [3.05, 3.63) is 63.9 Å². The normalized spacial score (nSPS) is 12.1. The Bertz CT molecular complexity index is 1040. The number of carbonyl (C=O) groups is 1. The van der Waals surface area contributed by atoms with Crippen molar-refractivity contribution >= 4 is 45.9 Å². The average molecular weight is 402 g/mol. The molecule has 0 fully saturated rings. The molecule has 3 rings (SSSR count). The first-order valence-electron chi connectivity index (χ1n) is 8.69. The minimum Gasteiger partial charge on any atom is -0.324 e. The van der Waals surface area contributed by atoms with E-state index in [9.17, 15) is 9.59 Å². The van der Waals surface area contributed by atoms with E-state index >= 15 is 0 Å². The quantitative estimate of drug-likeness (QED) is 0.478. The van der Waals surface area contributed by atoms with Crippen molar-refractivity contribution in [1.29, 1.82) is 0 Å². The fourth-order valence-corrected chi connectivity index (χ4v) is 3.76. The summed E-state index contributed by atoms with van der Waals surface area (Å²) in [5, 5.41) is 4.40. The molecule has 1 heterocycles. The fraction of sp³-hybridized carbons (Fsp3) is 0.250. The molecule has 0 aliphatic rings. The summed E-state index contributed by atoms with van der Waals surface area (Å²) in [7, 11) is 0. The largest absolute Gasteiger partial charge is 0.324 e. The van der Waals surface area contributed by atoms with Crippen molar-refractivity contribution in [2.75, 3.05) is 11.1 Å². The van der Waals surface area contributed by atoms with Crippen molar-refractivity contribution in [2.45, 2.75) is 31.5 Å². The molecule has 1 aromatic heterocycles. The van der Waals surface area contributed by atoms with Gasteiger partial charge in [-0.15, -0.1) is 0 Å². The van der Waals surface area contributed by atoms with Crippen LogP contribution in [0.5, 0.6) is 0 Å². The molecule has 140 valence electrons. The second-order valence-corrected chi connectivity index (χ2v) is 7.51. The summed E-state index contributed by atoms with van der Waals surface area (Å²) in [4.78, 5) is 29.9. The second-order valence-electron chi connectivity index (χ2n) is 6.16. The van der Waals surface area contributed by atoms with Crippen LogP contribution >= 0.6 is 23.4 Å². The summed E-state index contributed by atoms with van der Waals surface area (Å²) in [6, 6.07) is 14.3. The zero-order valence-corrected chi connectivity index (χ0v) is 16.7. The van der Waals surface area contributed by atoms with Crippen LogP contribution in [-0.2, 0) is 4.79 Å². The van der Waals surface area contributed by atoms with Gasteiger partial charge in [-0.1, -0.05) is 54.6 Å². The van der Waals surface area contributed by atoms with E-state index in [2.05, 4.69) is 10.3 Å². The number of thioether (sulfide) groups is 1. The van der Waals surface area contributed by atoms with E-state index in [0.717, 1.165) is 6.42 Å². The molecule has 2 aromatic carbocycles. The number of rotatable bonds is 6. The van der Waals surface area contributed by atoms with E-state index in [1.54, 1.807) is 34.9 Å². The topological polar surface area (TPSA) is 64.0 Å². The molecule has 1 atom stereocenters. The van der Waals surface area contributed by atoms with Gasteiger partial charge in [0.15, 0.2) is 5.16 Å². The summed E-state index contributed by atoms with van der Waals surface area (Å²) in [6.45, 7) is 4.00. The number of aromatic nitrogens is 2. The zero-order chi connectivity index (χ0) is 19.4. The van der Waals surface area contributed by atoms with Crippen LogP contribution in [0.2, 0.25) is 5.02 Å². The first-order chi connectivity index (χ1) is 13.0. The van der Waals surface area contributed by atoms with E-state index < -0.39 is 0 Å². The van der Waals surface area contributed by atoms with Crippen molar-refractivity contribution in [1.82, 2.24) is 9.55 Å². The van der Waals surface area contributed by atoms with Crippen LogP contribution < -0.4 is 10.9 Å². The summed E-state index contributed by atoms with van der Waals surface area (Å²) >= 11 is 7.33. The van der Waals surface area contributed by atoms with Gasteiger partial charge in [-0.3, -0.25) is 14.2 Å². The van der Waals surface area contributed by atoms with Gasteiger partial charge in [0.25, 0.3) is 5.56 Å². The molecule has 27 heavy (non-hydrogen) atoms. The molecular weight excluding hydrogens is 382 g/mol. The van der Waals surface area contributed by atoms with Gasteiger partial charge in [0.05, 0.1) is 27.4 Å². The van der Waals surface area contributed by atoms with Crippen LogP contribution in [0.1, 0.15) is 26.3 Å². The van der Waals surface area contributed by atoms with Gasteiger partial charge in [-0.05, 0) is 37.6 Å². The number of anilines is 1. The fourth-order valence-electron chi connectivity index (χ4n) is 2.68. The Kier molecular flexibility index (Phi) is 6.19. The predicted molar refractivity (Wildman–Crippen MR) is 112 cm³/mol. The number of amides is 1. The third-order valence-corrected chi connectivity index (χ3v) is 5.57. The zero-order valence-electron chi connectivity index (χ0n) is 15.1. The predicted octanol–water partition coefficient (Wildman–Crippen LogP) is 4.75. The summed E-state index contributed by atoms with van der Waals surface area (Å²) < 4.78 is 1.68. The lowest BCUT2D eigenvalue weighted by molar-refractivity contribution is -0.113. The number of nitrogens with zero attached hydrogens (tertiary/aromatic N) is 2. The monoisotopic (exact) mass is 401 g/mol. The van der Waals surface area contributed by atoms with E-state index in [-0.39, 0.29) is 23.3 Å². The summed E-state index contributed by atoms with van der Waals surface area (Å²) in [5.74, 6) is -0.0712. The molecule has 0 spiro atoms.